The zero-order chi connectivity index (χ0) is 20.2. The van der Waals surface area contributed by atoms with Crippen LogP contribution < -0.4 is 4.57 Å². The second-order valence-corrected chi connectivity index (χ2v) is 8.03. The van der Waals surface area contributed by atoms with Crippen LogP contribution >= 0.6 is 0 Å². The molecule has 0 atom stereocenters. The fraction of sp³-hybridized carbons (Fsp3) is 0.360. The number of para-hydroxylation sites is 1. The number of aryl methyl sites for hydroxylation is 1. The molecule has 0 radical (unpaired) electrons. The van der Waals surface area contributed by atoms with Crippen molar-refractivity contribution in [3.63, 3.8) is 0 Å². The van der Waals surface area contributed by atoms with E-state index in [1.165, 1.54) is 29.4 Å². The molecule has 3 aromatic rings. The van der Waals surface area contributed by atoms with Crippen LogP contribution in [0.5, 0.6) is 0 Å². The molecule has 0 saturated carbocycles. The Kier molecular flexibility index (Phi) is 5.79. The number of nitrogens with zero attached hydrogens (tertiary/aromatic N) is 3. The molecule has 29 heavy (non-hydrogen) atoms. The van der Waals surface area contributed by atoms with Gasteiger partial charge in [-0.15, -0.1) is 0 Å². The van der Waals surface area contributed by atoms with Gasteiger partial charge in [0.05, 0.1) is 0 Å². The Bertz CT molecular complexity index is 1020. The summed E-state index contributed by atoms with van der Waals surface area (Å²) in [5, 5.41) is 1.20. The molecule has 1 aromatic carbocycles. The number of carbonyl (C=O) groups excluding carboxylic acids is 1. The molecule has 0 bridgehead atoms. The third-order valence-electron chi connectivity index (χ3n) is 5.98. The zero-order valence-corrected chi connectivity index (χ0v) is 17.5. The average Bonchev–Trinajstić information content (AvgIpc) is 2.91. The van der Waals surface area contributed by atoms with Crippen LogP contribution in [-0.2, 0) is 18.4 Å². The van der Waals surface area contributed by atoms with Crippen molar-refractivity contribution in [1.82, 2.24) is 9.47 Å². The largest absolute Gasteiger partial charge is 0.341 e. The highest BCUT2D eigenvalue weighted by molar-refractivity contribution is 5.94. The standard InChI is InChI=1S/C25H30N3O/c1-20-22(12-11-21-13-17-26(2)18-14-21)23-9-5-6-10-24(23)28(20)19-25(29)27-15-7-3-4-8-16-27/h5-6,9-14,17-18H,3-4,7-8,15-16,19H2,1-2H3/q+1. The maximum atomic E-state index is 13.0. The van der Waals surface area contributed by atoms with E-state index in [0.29, 0.717) is 6.54 Å². The predicted molar refractivity (Wildman–Crippen MR) is 118 cm³/mol. The fourth-order valence-corrected chi connectivity index (χ4v) is 4.23. The molecule has 1 aliphatic rings. The Balaban J connectivity index is 1.65. The lowest BCUT2D eigenvalue weighted by Gasteiger charge is -2.21. The van der Waals surface area contributed by atoms with Gasteiger partial charge in [0.15, 0.2) is 12.4 Å². The highest BCUT2D eigenvalue weighted by atomic mass is 16.2. The summed E-state index contributed by atoms with van der Waals surface area (Å²) in [5.74, 6) is 0.238. The van der Waals surface area contributed by atoms with Gasteiger partial charge in [-0.3, -0.25) is 4.79 Å². The molecule has 1 aliphatic heterocycles. The number of likely N-dealkylation sites (tertiary alicyclic amines) is 1. The molecule has 4 nitrogen and oxygen atoms in total. The highest BCUT2D eigenvalue weighted by Crippen LogP contribution is 2.28. The van der Waals surface area contributed by atoms with Crippen LogP contribution in [0.15, 0.2) is 48.8 Å². The molecular formula is C25H30N3O+. The number of carbonyl (C=O) groups is 1. The number of hydrogen-bond donors (Lipinski definition) is 0. The van der Waals surface area contributed by atoms with Crippen LogP contribution in [0.1, 0.15) is 42.5 Å². The Morgan fingerprint density at radius 3 is 2.41 bits per heavy atom. The molecule has 3 heterocycles. The van der Waals surface area contributed by atoms with Crippen LogP contribution in [0.4, 0.5) is 0 Å². The minimum absolute atomic E-state index is 0.238. The third kappa shape index (κ3) is 4.26. The molecule has 2 aromatic heterocycles. The highest BCUT2D eigenvalue weighted by Gasteiger charge is 2.19. The first-order chi connectivity index (χ1) is 14.1. The molecule has 0 aliphatic carbocycles. The molecule has 0 N–H and O–H groups in total. The first kappa shape index (κ1) is 19.4. The topological polar surface area (TPSA) is 29.1 Å². The molecule has 0 unspecified atom stereocenters. The van der Waals surface area contributed by atoms with Gasteiger partial charge in [0.25, 0.3) is 0 Å². The van der Waals surface area contributed by atoms with E-state index >= 15 is 0 Å². The molecule has 150 valence electrons. The van der Waals surface area contributed by atoms with E-state index in [2.05, 4.69) is 77.3 Å². The van der Waals surface area contributed by atoms with Gasteiger partial charge in [0.2, 0.25) is 5.91 Å². The van der Waals surface area contributed by atoms with Gasteiger partial charge in [0, 0.05) is 47.4 Å². The summed E-state index contributed by atoms with van der Waals surface area (Å²) in [5.41, 5.74) is 4.64. The second-order valence-electron chi connectivity index (χ2n) is 8.03. The monoisotopic (exact) mass is 388 g/mol. The van der Waals surface area contributed by atoms with Crippen LogP contribution in [0.2, 0.25) is 0 Å². The Morgan fingerprint density at radius 2 is 1.69 bits per heavy atom. The van der Waals surface area contributed by atoms with Crippen LogP contribution in [0.3, 0.4) is 0 Å². The van der Waals surface area contributed by atoms with E-state index in [1.54, 1.807) is 0 Å². The Labute approximate surface area is 173 Å². The van der Waals surface area contributed by atoms with Crippen molar-refractivity contribution in [2.45, 2.75) is 39.2 Å². The molecule has 1 fully saturated rings. The summed E-state index contributed by atoms with van der Waals surface area (Å²) >= 11 is 0. The van der Waals surface area contributed by atoms with Crippen molar-refractivity contribution in [2.75, 3.05) is 13.1 Å². The smallest absolute Gasteiger partial charge is 0.242 e. The number of fused-ring (bicyclic) bond motifs is 1. The summed E-state index contributed by atoms with van der Waals surface area (Å²) in [6.45, 7) is 4.34. The van der Waals surface area contributed by atoms with E-state index in [-0.39, 0.29) is 5.91 Å². The number of pyridine rings is 1. The van der Waals surface area contributed by atoms with Gasteiger partial charge >= 0.3 is 0 Å². The zero-order valence-electron chi connectivity index (χ0n) is 17.5. The van der Waals surface area contributed by atoms with E-state index in [4.69, 9.17) is 0 Å². The Hall–Kier alpha value is -2.88. The third-order valence-corrected chi connectivity index (χ3v) is 5.98. The minimum atomic E-state index is 0.238. The van der Waals surface area contributed by atoms with E-state index in [1.807, 2.05) is 11.6 Å². The van der Waals surface area contributed by atoms with Gasteiger partial charge in [-0.05, 0) is 31.4 Å². The minimum Gasteiger partial charge on any atom is -0.341 e. The van der Waals surface area contributed by atoms with Crippen LogP contribution in [0, 0.1) is 6.92 Å². The molecule has 4 heteroatoms. The number of hydrogen-bond acceptors (Lipinski definition) is 1. The van der Waals surface area contributed by atoms with E-state index < -0.39 is 0 Å². The van der Waals surface area contributed by atoms with Gasteiger partial charge in [-0.25, -0.2) is 4.57 Å². The van der Waals surface area contributed by atoms with Crippen molar-refractivity contribution in [3.05, 3.63) is 65.6 Å². The second kappa shape index (κ2) is 8.64. The van der Waals surface area contributed by atoms with Gasteiger partial charge < -0.3 is 9.47 Å². The van der Waals surface area contributed by atoms with Crippen LogP contribution in [0.25, 0.3) is 23.1 Å². The van der Waals surface area contributed by atoms with Crippen LogP contribution in [-0.4, -0.2) is 28.5 Å². The summed E-state index contributed by atoms with van der Waals surface area (Å²) in [6, 6.07) is 12.6. The quantitative estimate of drug-likeness (QED) is 0.611. The number of amides is 1. The average molecular weight is 389 g/mol. The van der Waals surface area contributed by atoms with Crippen molar-refractivity contribution in [3.8, 4) is 0 Å². The van der Waals surface area contributed by atoms with Gasteiger partial charge in [0.1, 0.15) is 13.6 Å². The lowest BCUT2D eigenvalue weighted by Crippen LogP contribution is -2.34. The first-order valence-electron chi connectivity index (χ1n) is 10.6. The summed E-state index contributed by atoms with van der Waals surface area (Å²) in [4.78, 5) is 15.1. The molecular weight excluding hydrogens is 358 g/mol. The van der Waals surface area contributed by atoms with Gasteiger partial charge in [-0.1, -0.05) is 43.2 Å². The van der Waals surface area contributed by atoms with Crippen molar-refractivity contribution >= 4 is 29.0 Å². The maximum absolute atomic E-state index is 13.0. The number of aromatic nitrogens is 2. The number of benzene rings is 1. The lowest BCUT2D eigenvalue weighted by atomic mass is 10.1. The van der Waals surface area contributed by atoms with E-state index in [0.717, 1.165) is 37.1 Å². The summed E-state index contributed by atoms with van der Waals surface area (Å²) in [7, 11) is 2.02. The Morgan fingerprint density at radius 1 is 1.00 bits per heavy atom. The molecule has 1 saturated heterocycles. The molecule has 0 spiro atoms. The molecule has 4 rings (SSSR count). The SMILES string of the molecule is Cc1c(/C=C/c2cc[n+](C)cc2)c2ccccc2n1CC(=O)N1CCCCCC1. The fourth-order valence-electron chi connectivity index (χ4n) is 4.23. The molecule has 1 amide bonds. The maximum Gasteiger partial charge on any atom is 0.242 e. The van der Waals surface area contributed by atoms with Crippen molar-refractivity contribution in [1.29, 1.82) is 0 Å². The predicted octanol–water partition coefficient (Wildman–Crippen LogP) is 4.35. The normalized spacial score (nSPS) is 15.2. The van der Waals surface area contributed by atoms with Crippen molar-refractivity contribution < 1.29 is 9.36 Å². The summed E-state index contributed by atoms with van der Waals surface area (Å²) < 4.78 is 4.22. The lowest BCUT2D eigenvalue weighted by molar-refractivity contribution is -0.671. The summed E-state index contributed by atoms with van der Waals surface area (Å²) in [6.07, 6.45) is 13.2. The van der Waals surface area contributed by atoms with Gasteiger partial charge in [-0.2, -0.15) is 0 Å². The number of rotatable bonds is 4. The van der Waals surface area contributed by atoms with Crippen molar-refractivity contribution in [2.24, 2.45) is 7.05 Å². The van der Waals surface area contributed by atoms with E-state index in [9.17, 15) is 4.79 Å². The first-order valence-corrected chi connectivity index (χ1v) is 10.6.